The van der Waals surface area contributed by atoms with E-state index >= 15 is 0 Å². The zero-order chi connectivity index (χ0) is 28.7. The number of imide groups is 1. The summed E-state index contributed by atoms with van der Waals surface area (Å²) in [6.45, 7) is 3.55. The molecule has 0 unspecified atom stereocenters. The van der Waals surface area contributed by atoms with Gasteiger partial charge in [-0.1, -0.05) is 33.1 Å². The lowest BCUT2D eigenvalue weighted by Crippen LogP contribution is -2.53. The van der Waals surface area contributed by atoms with Gasteiger partial charge in [0.15, 0.2) is 0 Å². The third-order valence-electron chi connectivity index (χ3n) is 6.60. The number of nitrogens with zero attached hydrogens (tertiary/aromatic N) is 2. The highest BCUT2D eigenvalue weighted by Gasteiger charge is 2.37. The number of carbonyl (C=O) groups is 2. The number of nitrogens with one attached hydrogen (secondary N) is 1. The van der Waals surface area contributed by atoms with Gasteiger partial charge in [0, 0.05) is 26.2 Å². The molecule has 8 nitrogen and oxygen atoms in total. The van der Waals surface area contributed by atoms with Gasteiger partial charge in [0.2, 0.25) is 15.9 Å². The Kier molecular flexibility index (Phi) is 11.5. The number of benzene rings is 1. The first kappa shape index (κ1) is 32.0. The van der Waals surface area contributed by atoms with Crippen molar-refractivity contribution in [1.29, 1.82) is 0 Å². The van der Waals surface area contributed by atoms with E-state index in [0.717, 1.165) is 37.0 Å². The Labute approximate surface area is 222 Å². The molecule has 1 atom stereocenters. The van der Waals surface area contributed by atoms with Gasteiger partial charge in [0.05, 0.1) is 16.5 Å². The lowest BCUT2D eigenvalue weighted by molar-refractivity contribution is -0.140. The zero-order valence-corrected chi connectivity index (χ0v) is 22.9. The third-order valence-corrected chi connectivity index (χ3v) is 8.12. The largest absolute Gasteiger partial charge is 0.417 e. The molecule has 0 spiro atoms. The van der Waals surface area contributed by atoms with E-state index in [-0.39, 0.29) is 44.0 Å². The monoisotopic (exact) mass is 566 g/mol. The number of rotatable bonds is 11. The molecular weight excluding hydrogens is 528 g/mol. The number of amides is 3. The summed E-state index contributed by atoms with van der Waals surface area (Å²) in [5.41, 5.74) is 4.48. The minimum Gasteiger partial charge on any atom is -0.324 e. The van der Waals surface area contributed by atoms with Crippen molar-refractivity contribution in [1.82, 2.24) is 14.5 Å². The Balaban J connectivity index is 2.06. The van der Waals surface area contributed by atoms with Crippen molar-refractivity contribution >= 4 is 22.0 Å². The van der Waals surface area contributed by atoms with Crippen LogP contribution in [0.25, 0.3) is 0 Å². The number of nitrogens with two attached hydrogens (primary N) is 1. The van der Waals surface area contributed by atoms with Crippen molar-refractivity contribution in [3.63, 3.8) is 0 Å². The second kappa shape index (κ2) is 13.7. The highest BCUT2D eigenvalue weighted by atomic mass is 32.2. The molecule has 0 heterocycles. The number of alkyl halides is 3. The maximum atomic E-state index is 13.3. The van der Waals surface area contributed by atoms with Crippen LogP contribution in [0.2, 0.25) is 0 Å². The maximum absolute atomic E-state index is 13.3. The van der Waals surface area contributed by atoms with Crippen molar-refractivity contribution < 1.29 is 35.6 Å². The Morgan fingerprint density at radius 1 is 1.13 bits per heavy atom. The molecule has 2 rings (SSSR count). The Morgan fingerprint density at radius 2 is 1.76 bits per heavy atom. The molecule has 0 aliphatic heterocycles. The molecule has 38 heavy (non-hydrogen) atoms. The second-order valence-electron chi connectivity index (χ2n) is 10.2. The second-order valence-corrected chi connectivity index (χ2v) is 11.9. The van der Waals surface area contributed by atoms with E-state index in [1.165, 1.54) is 0 Å². The fourth-order valence-electron chi connectivity index (χ4n) is 4.56. The molecule has 1 aromatic carbocycles. The van der Waals surface area contributed by atoms with E-state index in [0.29, 0.717) is 18.6 Å². The summed E-state index contributed by atoms with van der Waals surface area (Å²) < 4.78 is 80.2. The highest BCUT2D eigenvalue weighted by molar-refractivity contribution is 7.89. The summed E-state index contributed by atoms with van der Waals surface area (Å²) in [4.78, 5) is 27.9. The first-order valence-corrected chi connectivity index (χ1v) is 14.3. The van der Waals surface area contributed by atoms with Crippen LogP contribution in [-0.4, -0.2) is 62.4 Å². The minimum absolute atomic E-state index is 0.0122. The van der Waals surface area contributed by atoms with Gasteiger partial charge in [-0.2, -0.15) is 13.2 Å². The lowest BCUT2D eigenvalue weighted by Gasteiger charge is -2.35. The smallest absolute Gasteiger partial charge is 0.324 e. The molecule has 0 aromatic heterocycles. The van der Waals surface area contributed by atoms with Gasteiger partial charge in [-0.25, -0.2) is 22.3 Å². The van der Waals surface area contributed by atoms with Gasteiger partial charge in [-0.05, 0) is 56.2 Å². The molecule has 3 N–H and O–H groups in total. The van der Waals surface area contributed by atoms with Gasteiger partial charge < -0.3 is 10.6 Å². The van der Waals surface area contributed by atoms with Crippen molar-refractivity contribution in [2.24, 2.45) is 11.7 Å². The number of urea groups is 1. The number of hydrogen-bond donors (Lipinski definition) is 2. The molecule has 13 heteroatoms. The summed E-state index contributed by atoms with van der Waals surface area (Å²) in [6, 6.07) is 0.00341. The van der Waals surface area contributed by atoms with Crippen LogP contribution in [0.15, 0.2) is 23.1 Å². The Bertz CT molecular complexity index is 1060. The summed E-state index contributed by atoms with van der Waals surface area (Å²) >= 11 is 0. The fourth-order valence-corrected chi connectivity index (χ4v) is 5.84. The van der Waals surface area contributed by atoms with E-state index in [9.17, 15) is 35.6 Å². The molecule has 1 aliphatic carbocycles. The summed E-state index contributed by atoms with van der Waals surface area (Å²) in [7, 11) is -2.94. The average Bonchev–Trinajstić information content (AvgIpc) is 2.84. The highest BCUT2D eigenvalue weighted by Crippen LogP contribution is 2.34. The molecule has 216 valence electrons. The average molecular weight is 567 g/mol. The molecule has 1 aliphatic rings. The molecule has 0 radical (unpaired) electrons. The van der Waals surface area contributed by atoms with Crippen LogP contribution in [0.1, 0.15) is 70.8 Å². The van der Waals surface area contributed by atoms with Crippen LogP contribution >= 0.6 is 0 Å². The minimum atomic E-state index is -5.06. The molecule has 1 fully saturated rings. The van der Waals surface area contributed by atoms with Crippen LogP contribution in [0.5, 0.6) is 0 Å². The fraction of sp³-hybridized carbons (Fsp3) is 0.680. The SMILES string of the molecule is CC(C)C[C@H](N)C(=O)N(CCCCNS(=O)(=O)c1ccc(F)cc1C(F)(F)F)C(=O)N(C)C1CCCCC1. The van der Waals surface area contributed by atoms with Gasteiger partial charge in [0.25, 0.3) is 0 Å². The van der Waals surface area contributed by atoms with E-state index in [1.54, 1.807) is 11.9 Å². The van der Waals surface area contributed by atoms with E-state index in [1.807, 2.05) is 13.8 Å². The number of hydrogen-bond acceptors (Lipinski definition) is 5. The first-order chi connectivity index (χ1) is 17.6. The van der Waals surface area contributed by atoms with Gasteiger partial charge in [-0.15, -0.1) is 0 Å². The Morgan fingerprint density at radius 3 is 2.34 bits per heavy atom. The first-order valence-electron chi connectivity index (χ1n) is 12.8. The van der Waals surface area contributed by atoms with Gasteiger partial charge in [0.1, 0.15) is 5.82 Å². The number of unbranched alkanes of at least 4 members (excludes halogenated alkanes) is 1. The molecular formula is C25H38F4N4O4S. The zero-order valence-electron chi connectivity index (χ0n) is 22.1. The number of carbonyl (C=O) groups excluding carboxylic acids is 2. The number of sulfonamides is 1. The molecule has 0 saturated heterocycles. The number of halogens is 4. The van der Waals surface area contributed by atoms with Gasteiger partial charge in [-0.3, -0.25) is 9.69 Å². The standard InChI is InChI=1S/C25H38F4N4O4S/c1-17(2)15-21(30)23(34)33(24(35)32(3)19-9-5-4-6-10-19)14-8-7-13-31-38(36,37)22-12-11-18(26)16-20(22)25(27,28)29/h11-12,16-17,19,21,31H,4-10,13-15,30H2,1-3H3/t21-/m0/s1. The van der Waals surface area contributed by atoms with Crippen LogP contribution < -0.4 is 10.5 Å². The summed E-state index contributed by atoms with van der Waals surface area (Å²) in [6.07, 6.45) is 0.412. The quantitative estimate of drug-likeness (QED) is 0.303. The summed E-state index contributed by atoms with van der Waals surface area (Å²) in [5.74, 6) is -1.60. The van der Waals surface area contributed by atoms with Crippen LogP contribution in [0.3, 0.4) is 0 Å². The van der Waals surface area contributed by atoms with Crippen LogP contribution in [0, 0.1) is 11.7 Å². The summed E-state index contributed by atoms with van der Waals surface area (Å²) in [5, 5.41) is 0. The van der Waals surface area contributed by atoms with Crippen molar-refractivity contribution in [3.8, 4) is 0 Å². The molecule has 1 aromatic rings. The predicted molar refractivity (Wildman–Crippen MR) is 135 cm³/mol. The molecule has 0 bridgehead atoms. The molecule has 1 saturated carbocycles. The van der Waals surface area contributed by atoms with Crippen LogP contribution in [-0.2, 0) is 21.0 Å². The maximum Gasteiger partial charge on any atom is 0.417 e. The topological polar surface area (TPSA) is 113 Å². The normalized spacial score (nSPS) is 15.9. The van der Waals surface area contributed by atoms with Crippen molar-refractivity contribution in [3.05, 3.63) is 29.6 Å². The van der Waals surface area contributed by atoms with E-state index in [4.69, 9.17) is 5.73 Å². The molecule has 3 amide bonds. The van der Waals surface area contributed by atoms with E-state index in [2.05, 4.69) is 4.72 Å². The Hall–Kier alpha value is -2.25. The van der Waals surface area contributed by atoms with Crippen LogP contribution in [0.4, 0.5) is 22.4 Å². The van der Waals surface area contributed by atoms with E-state index < -0.39 is 50.5 Å². The van der Waals surface area contributed by atoms with Crippen molar-refractivity contribution in [2.75, 3.05) is 20.1 Å². The third kappa shape index (κ3) is 8.91. The van der Waals surface area contributed by atoms with Crippen molar-refractivity contribution in [2.45, 2.75) is 88.4 Å². The predicted octanol–water partition coefficient (Wildman–Crippen LogP) is 4.49. The van der Waals surface area contributed by atoms with Gasteiger partial charge >= 0.3 is 12.2 Å². The lowest BCUT2D eigenvalue weighted by atomic mass is 9.94.